The number of carbonyl (C=O) groups excluding carboxylic acids is 2. The molecule has 8 nitrogen and oxygen atoms in total. The number of aromatic nitrogens is 3. The van der Waals surface area contributed by atoms with Crippen LogP contribution in [0.1, 0.15) is 37.9 Å². The quantitative estimate of drug-likeness (QED) is 0.555. The van der Waals surface area contributed by atoms with Gasteiger partial charge in [-0.3, -0.25) is 20.4 Å². The average molecular weight is 391 g/mol. The number of nitrogens with zero attached hydrogens (tertiary/aromatic N) is 3. The zero-order valence-corrected chi connectivity index (χ0v) is 17.0. The summed E-state index contributed by atoms with van der Waals surface area (Å²) in [4.78, 5) is 24.1. The molecule has 27 heavy (non-hydrogen) atoms. The van der Waals surface area contributed by atoms with Crippen molar-refractivity contribution in [3.05, 3.63) is 35.7 Å². The predicted octanol–water partition coefficient (Wildman–Crippen LogP) is 2.18. The zero-order valence-electron chi connectivity index (χ0n) is 16.1. The molecule has 9 heteroatoms. The molecule has 146 valence electrons. The molecular formula is C18H25N5O3S. The van der Waals surface area contributed by atoms with Gasteiger partial charge in [-0.05, 0) is 51.8 Å². The van der Waals surface area contributed by atoms with Crippen molar-refractivity contribution in [1.82, 2.24) is 25.6 Å². The maximum absolute atomic E-state index is 12.1. The first-order valence-electron chi connectivity index (χ1n) is 8.63. The van der Waals surface area contributed by atoms with E-state index >= 15 is 0 Å². The second-order valence-corrected chi connectivity index (χ2v) is 7.34. The zero-order chi connectivity index (χ0) is 20.0. The van der Waals surface area contributed by atoms with Gasteiger partial charge in [0.1, 0.15) is 12.1 Å². The first-order chi connectivity index (χ1) is 12.8. The van der Waals surface area contributed by atoms with Gasteiger partial charge in [0.25, 0.3) is 5.91 Å². The molecular weight excluding hydrogens is 366 g/mol. The Hall–Kier alpha value is -2.55. The summed E-state index contributed by atoms with van der Waals surface area (Å²) in [6.07, 6.45) is 0.876. The van der Waals surface area contributed by atoms with Crippen LogP contribution in [0.15, 0.2) is 29.7 Å². The molecule has 0 radical (unpaired) electrons. The third-order valence-corrected chi connectivity index (χ3v) is 4.94. The van der Waals surface area contributed by atoms with Crippen molar-refractivity contribution in [2.24, 2.45) is 0 Å². The third kappa shape index (κ3) is 5.72. The minimum absolute atomic E-state index is 0.109. The fourth-order valence-corrected chi connectivity index (χ4v) is 3.03. The SMILES string of the molecule is Cc1cccc(OC(C)C(=O)NNC(=O)CSc2nncn2C(C)C)c1C. The molecule has 1 aromatic carbocycles. The highest BCUT2D eigenvalue weighted by Crippen LogP contribution is 2.21. The molecule has 0 aliphatic carbocycles. The minimum atomic E-state index is -0.748. The molecule has 0 spiro atoms. The highest BCUT2D eigenvalue weighted by atomic mass is 32.2. The van der Waals surface area contributed by atoms with Crippen LogP contribution in [0.25, 0.3) is 0 Å². The molecule has 0 fully saturated rings. The van der Waals surface area contributed by atoms with Crippen molar-refractivity contribution < 1.29 is 14.3 Å². The summed E-state index contributed by atoms with van der Waals surface area (Å²) in [5, 5.41) is 8.48. The van der Waals surface area contributed by atoms with E-state index in [0.29, 0.717) is 10.9 Å². The van der Waals surface area contributed by atoms with Crippen LogP contribution >= 0.6 is 11.8 Å². The van der Waals surface area contributed by atoms with E-state index < -0.39 is 12.0 Å². The van der Waals surface area contributed by atoms with Gasteiger partial charge in [-0.2, -0.15) is 0 Å². The molecule has 2 aromatic rings. The summed E-state index contributed by atoms with van der Waals surface area (Å²) in [6.45, 7) is 9.55. The van der Waals surface area contributed by atoms with Gasteiger partial charge in [0.05, 0.1) is 5.75 Å². The fraction of sp³-hybridized carbons (Fsp3) is 0.444. The molecule has 1 aromatic heterocycles. The molecule has 2 amide bonds. The van der Waals surface area contributed by atoms with Gasteiger partial charge in [-0.15, -0.1) is 10.2 Å². The second-order valence-electron chi connectivity index (χ2n) is 6.40. The lowest BCUT2D eigenvalue weighted by Gasteiger charge is -2.17. The highest BCUT2D eigenvalue weighted by Gasteiger charge is 2.17. The van der Waals surface area contributed by atoms with Crippen molar-refractivity contribution in [1.29, 1.82) is 0 Å². The van der Waals surface area contributed by atoms with Crippen molar-refractivity contribution >= 4 is 23.6 Å². The Labute approximate surface area is 163 Å². The highest BCUT2D eigenvalue weighted by molar-refractivity contribution is 7.99. The van der Waals surface area contributed by atoms with E-state index in [9.17, 15) is 9.59 Å². The topological polar surface area (TPSA) is 98.1 Å². The van der Waals surface area contributed by atoms with Crippen LogP contribution in [-0.4, -0.2) is 38.4 Å². The van der Waals surface area contributed by atoms with Crippen LogP contribution in [-0.2, 0) is 9.59 Å². The number of aryl methyl sites for hydroxylation is 1. The number of hydrazine groups is 1. The summed E-state index contributed by atoms with van der Waals surface area (Å²) in [5.41, 5.74) is 6.84. The second kappa shape index (κ2) is 9.40. The lowest BCUT2D eigenvalue weighted by atomic mass is 10.1. The van der Waals surface area contributed by atoms with E-state index in [1.54, 1.807) is 13.3 Å². The van der Waals surface area contributed by atoms with Crippen molar-refractivity contribution in [2.45, 2.75) is 51.9 Å². The molecule has 1 atom stereocenters. The summed E-state index contributed by atoms with van der Waals surface area (Å²) >= 11 is 1.25. The minimum Gasteiger partial charge on any atom is -0.481 e. The Kier molecular flexibility index (Phi) is 7.23. The van der Waals surface area contributed by atoms with Gasteiger partial charge >= 0.3 is 0 Å². The molecule has 2 rings (SSSR count). The fourth-order valence-electron chi connectivity index (χ4n) is 2.18. The Morgan fingerprint density at radius 2 is 1.96 bits per heavy atom. The van der Waals surface area contributed by atoms with Crippen LogP contribution in [0.2, 0.25) is 0 Å². The number of hydrogen-bond acceptors (Lipinski definition) is 6. The van der Waals surface area contributed by atoms with E-state index in [1.807, 2.05) is 50.5 Å². The van der Waals surface area contributed by atoms with E-state index in [2.05, 4.69) is 21.0 Å². The first kappa shape index (κ1) is 20.8. The summed E-state index contributed by atoms with van der Waals surface area (Å²) < 4.78 is 7.56. The number of rotatable bonds is 7. The standard InChI is InChI=1S/C18H25N5O3S/c1-11(2)23-10-19-22-18(23)27-9-16(24)20-21-17(25)14(5)26-15-8-6-7-12(3)13(15)4/h6-8,10-11,14H,9H2,1-5H3,(H,20,24)(H,21,25). The lowest BCUT2D eigenvalue weighted by Crippen LogP contribution is -2.47. The number of hydrogen-bond donors (Lipinski definition) is 2. The van der Waals surface area contributed by atoms with Crippen LogP contribution in [0.4, 0.5) is 0 Å². The molecule has 1 heterocycles. The molecule has 2 N–H and O–H groups in total. The smallest absolute Gasteiger partial charge is 0.279 e. The van der Waals surface area contributed by atoms with Crippen LogP contribution in [0.3, 0.4) is 0 Å². The number of ether oxygens (including phenoxy) is 1. The maximum atomic E-state index is 12.1. The summed E-state index contributed by atoms with van der Waals surface area (Å²) in [7, 11) is 0. The van der Waals surface area contributed by atoms with E-state index in [-0.39, 0.29) is 17.7 Å². The van der Waals surface area contributed by atoms with Crippen molar-refractivity contribution in [3.8, 4) is 5.75 Å². The number of nitrogens with one attached hydrogen (secondary N) is 2. The van der Waals surface area contributed by atoms with Crippen molar-refractivity contribution in [2.75, 3.05) is 5.75 Å². The summed E-state index contributed by atoms with van der Waals surface area (Å²) in [5.74, 6) is -0.0180. The Morgan fingerprint density at radius 3 is 2.67 bits per heavy atom. The molecule has 0 bridgehead atoms. The number of benzene rings is 1. The summed E-state index contributed by atoms with van der Waals surface area (Å²) in [6, 6.07) is 5.86. The van der Waals surface area contributed by atoms with Gasteiger partial charge in [0.15, 0.2) is 11.3 Å². The molecule has 0 aliphatic heterocycles. The molecule has 1 unspecified atom stereocenters. The van der Waals surface area contributed by atoms with Gasteiger partial charge < -0.3 is 9.30 Å². The Balaban J connectivity index is 1.79. The van der Waals surface area contributed by atoms with Crippen LogP contribution < -0.4 is 15.6 Å². The van der Waals surface area contributed by atoms with Crippen molar-refractivity contribution in [3.63, 3.8) is 0 Å². The van der Waals surface area contributed by atoms with E-state index in [4.69, 9.17) is 4.74 Å². The van der Waals surface area contributed by atoms with Gasteiger partial charge in [-0.1, -0.05) is 23.9 Å². The Bertz CT molecular complexity index is 806. The van der Waals surface area contributed by atoms with Gasteiger partial charge in [0, 0.05) is 6.04 Å². The number of thioether (sulfide) groups is 1. The maximum Gasteiger partial charge on any atom is 0.279 e. The van der Waals surface area contributed by atoms with Crippen LogP contribution in [0.5, 0.6) is 5.75 Å². The van der Waals surface area contributed by atoms with E-state index in [1.165, 1.54) is 11.8 Å². The normalized spacial score (nSPS) is 11.9. The van der Waals surface area contributed by atoms with E-state index in [0.717, 1.165) is 11.1 Å². The van der Waals surface area contributed by atoms with Crippen LogP contribution in [0, 0.1) is 13.8 Å². The Morgan fingerprint density at radius 1 is 1.22 bits per heavy atom. The average Bonchev–Trinajstić information content (AvgIpc) is 3.10. The molecule has 0 saturated carbocycles. The predicted molar refractivity (Wildman–Crippen MR) is 103 cm³/mol. The first-order valence-corrected chi connectivity index (χ1v) is 9.62. The third-order valence-electron chi connectivity index (χ3n) is 3.98. The monoisotopic (exact) mass is 391 g/mol. The lowest BCUT2D eigenvalue weighted by molar-refractivity contribution is -0.131. The molecule has 0 saturated heterocycles. The number of carbonyl (C=O) groups is 2. The number of amides is 2. The van der Waals surface area contributed by atoms with Gasteiger partial charge in [0.2, 0.25) is 5.91 Å². The largest absolute Gasteiger partial charge is 0.481 e. The molecule has 0 aliphatic rings. The van der Waals surface area contributed by atoms with Gasteiger partial charge in [-0.25, -0.2) is 0 Å².